The molecule has 0 aliphatic carbocycles. The number of urea groups is 1. The van der Waals surface area contributed by atoms with E-state index >= 15 is 0 Å². The molecule has 2 amide bonds. The molecule has 4 rings (SSSR count). The first-order chi connectivity index (χ1) is 14.1. The summed E-state index contributed by atoms with van der Waals surface area (Å²) in [5, 5.41) is 7.16. The zero-order valence-corrected chi connectivity index (χ0v) is 17.2. The lowest BCUT2D eigenvalue weighted by Gasteiger charge is -2.12. The molecule has 4 aromatic rings. The Morgan fingerprint density at radius 2 is 1.86 bits per heavy atom. The van der Waals surface area contributed by atoms with Gasteiger partial charge < -0.3 is 15.4 Å². The van der Waals surface area contributed by atoms with Gasteiger partial charge in [0, 0.05) is 16.4 Å². The third-order valence-electron chi connectivity index (χ3n) is 4.25. The lowest BCUT2D eigenvalue weighted by atomic mass is 10.2. The summed E-state index contributed by atoms with van der Waals surface area (Å²) in [4.78, 5) is 16.8. The number of nitrogens with one attached hydrogen (secondary N) is 2. The van der Waals surface area contributed by atoms with E-state index in [1.807, 2.05) is 43.3 Å². The summed E-state index contributed by atoms with van der Waals surface area (Å²) in [6.07, 6.45) is 0. The summed E-state index contributed by atoms with van der Waals surface area (Å²) < 4.78 is 7.02. The quantitative estimate of drug-likeness (QED) is 0.386. The van der Waals surface area contributed by atoms with Gasteiger partial charge in [-0.1, -0.05) is 23.7 Å². The molecule has 7 heteroatoms. The maximum Gasteiger partial charge on any atom is 0.323 e. The summed E-state index contributed by atoms with van der Waals surface area (Å²) in [5.41, 5.74) is 3.26. The van der Waals surface area contributed by atoms with Gasteiger partial charge >= 0.3 is 6.03 Å². The van der Waals surface area contributed by atoms with E-state index in [0.717, 1.165) is 26.5 Å². The molecular weight excluding hydrogens is 406 g/mol. The van der Waals surface area contributed by atoms with E-state index in [4.69, 9.17) is 16.3 Å². The summed E-state index contributed by atoms with van der Waals surface area (Å²) in [6.45, 7) is 2.32. The Labute approximate surface area is 177 Å². The van der Waals surface area contributed by atoms with E-state index < -0.39 is 0 Å². The van der Waals surface area contributed by atoms with E-state index in [-0.39, 0.29) is 6.03 Å². The highest BCUT2D eigenvalue weighted by atomic mass is 35.5. The summed E-state index contributed by atoms with van der Waals surface area (Å²) in [6, 6.07) is 20.2. The van der Waals surface area contributed by atoms with Gasteiger partial charge in [0.2, 0.25) is 0 Å². The van der Waals surface area contributed by atoms with Crippen LogP contribution in [0.5, 0.6) is 5.75 Å². The Kier molecular flexibility index (Phi) is 5.64. The topological polar surface area (TPSA) is 63.2 Å². The zero-order valence-electron chi connectivity index (χ0n) is 15.6. The Balaban J connectivity index is 1.36. The van der Waals surface area contributed by atoms with Crippen LogP contribution in [0.2, 0.25) is 5.02 Å². The van der Waals surface area contributed by atoms with Crippen LogP contribution < -0.4 is 15.4 Å². The van der Waals surface area contributed by atoms with Crippen molar-refractivity contribution < 1.29 is 9.53 Å². The van der Waals surface area contributed by atoms with Gasteiger partial charge in [0.15, 0.2) is 0 Å². The summed E-state index contributed by atoms with van der Waals surface area (Å²) in [5.74, 6) is 0.727. The molecule has 0 aliphatic heterocycles. The maximum atomic E-state index is 12.2. The second kappa shape index (κ2) is 8.51. The van der Waals surface area contributed by atoms with Crippen LogP contribution in [0.3, 0.4) is 0 Å². The minimum absolute atomic E-state index is 0.321. The molecule has 0 saturated heterocycles. The largest absolute Gasteiger partial charge is 0.486 e. The van der Waals surface area contributed by atoms with Crippen LogP contribution in [0.25, 0.3) is 10.2 Å². The number of anilines is 2. The standard InChI is InChI=1S/C22H18ClN3O2S/c1-14-12-17(28-13-21-25-19-4-2-3-5-20(19)29-21)10-11-18(14)26-22(27)24-16-8-6-15(23)7-9-16/h2-12H,13H2,1H3,(H2,24,26,27). The highest BCUT2D eigenvalue weighted by Gasteiger charge is 2.08. The van der Waals surface area contributed by atoms with Gasteiger partial charge in [0.1, 0.15) is 17.4 Å². The Hall–Kier alpha value is -3.09. The predicted octanol–water partition coefficient (Wildman–Crippen LogP) is 6.48. The molecule has 0 saturated carbocycles. The third kappa shape index (κ3) is 4.85. The van der Waals surface area contributed by atoms with Gasteiger partial charge in [-0.15, -0.1) is 11.3 Å². The van der Waals surface area contributed by atoms with Gasteiger partial charge in [0.25, 0.3) is 0 Å². The number of hydrogen-bond acceptors (Lipinski definition) is 4. The number of ether oxygens (including phenoxy) is 1. The van der Waals surface area contributed by atoms with Crippen molar-refractivity contribution in [3.05, 3.63) is 82.3 Å². The second-order valence-electron chi connectivity index (χ2n) is 6.43. The number of aryl methyl sites for hydroxylation is 1. The number of carbonyl (C=O) groups excluding carboxylic acids is 1. The molecule has 0 radical (unpaired) electrons. The van der Waals surface area contributed by atoms with Crippen LogP contribution in [0.4, 0.5) is 16.2 Å². The van der Waals surface area contributed by atoms with Gasteiger partial charge in [0.05, 0.1) is 10.2 Å². The van der Waals surface area contributed by atoms with E-state index in [2.05, 4.69) is 21.7 Å². The fourth-order valence-corrected chi connectivity index (χ4v) is 3.82. The molecule has 0 aliphatic rings. The van der Waals surface area contributed by atoms with Crippen LogP contribution in [-0.4, -0.2) is 11.0 Å². The smallest absolute Gasteiger partial charge is 0.323 e. The van der Waals surface area contributed by atoms with Crippen molar-refractivity contribution >= 4 is 50.6 Å². The highest BCUT2D eigenvalue weighted by Crippen LogP contribution is 2.25. The highest BCUT2D eigenvalue weighted by molar-refractivity contribution is 7.18. The number of rotatable bonds is 5. The average molecular weight is 424 g/mol. The van der Waals surface area contributed by atoms with Crippen molar-refractivity contribution in [3.8, 4) is 5.75 Å². The minimum atomic E-state index is -0.321. The fraction of sp³-hybridized carbons (Fsp3) is 0.0909. The fourth-order valence-electron chi connectivity index (χ4n) is 2.81. The molecule has 0 fully saturated rings. The maximum absolute atomic E-state index is 12.2. The first kappa shape index (κ1) is 19.2. The SMILES string of the molecule is Cc1cc(OCc2nc3ccccc3s2)ccc1NC(=O)Nc1ccc(Cl)cc1. The van der Waals surface area contributed by atoms with E-state index in [0.29, 0.717) is 23.0 Å². The number of amides is 2. The Morgan fingerprint density at radius 3 is 2.62 bits per heavy atom. The number of para-hydroxylation sites is 1. The monoisotopic (exact) mass is 423 g/mol. The number of halogens is 1. The molecular formula is C22H18ClN3O2S. The molecule has 1 heterocycles. The molecule has 1 aromatic heterocycles. The summed E-state index contributed by atoms with van der Waals surface area (Å²) >= 11 is 7.48. The number of nitrogens with zero attached hydrogens (tertiary/aromatic N) is 1. The molecule has 0 unspecified atom stereocenters. The number of fused-ring (bicyclic) bond motifs is 1. The molecule has 0 atom stereocenters. The molecule has 0 spiro atoms. The van der Waals surface area contributed by atoms with Crippen molar-refractivity contribution in [2.24, 2.45) is 0 Å². The molecule has 2 N–H and O–H groups in total. The molecule has 0 bridgehead atoms. The number of aromatic nitrogens is 1. The van der Waals surface area contributed by atoms with E-state index in [1.165, 1.54) is 0 Å². The Morgan fingerprint density at radius 1 is 1.07 bits per heavy atom. The molecule has 3 aromatic carbocycles. The van der Waals surface area contributed by atoms with E-state index in [9.17, 15) is 4.79 Å². The average Bonchev–Trinajstić information content (AvgIpc) is 3.13. The van der Waals surface area contributed by atoms with Gasteiger partial charge in [-0.05, 0) is 67.1 Å². The van der Waals surface area contributed by atoms with Crippen molar-refractivity contribution in [1.29, 1.82) is 0 Å². The van der Waals surface area contributed by atoms with Crippen LogP contribution in [-0.2, 0) is 6.61 Å². The molecule has 146 valence electrons. The number of carbonyl (C=O) groups is 1. The molecule has 29 heavy (non-hydrogen) atoms. The summed E-state index contributed by atoms with van der Waals surface area (Å²) in [7, 11) is 0. The Bertz CT molecular complexity index is 1130. The van der Waals surface area contributed by atoms with Crippen LogP contribution in [0.1, 0.15) is 10.6 Å². The number of hydrogen-bond donors (Lipinski definition) is 2. The van der Waals surface area contributed by atoms with Crippen molar-refractivity contribution in [2.45, 2.75) is 13.5 Å². The number of benzene rings is 3. The lowest BCUT2D eigenvalue weighted by Crippen LogP contribution is -2.19. The molecule has 5 nitrogen and oxygen atoms in total. The minimum Gasteiger partial charge on any atom is -0.486 e. The second-order valence-corrected chi connectivity index (χ2v) is 7.98. The van der Waals surface area contributed by atoms with Gasteiger partial charge in [-0.2, -0.15) is 0 Å². The van der Waals surface area contributed by atoms with Gasteiger partial charge in [-0.3, -0.25) is 0 Å². The predicted molar refractivity (Wildman–Crippen MR) is 119 cm³/mol. The zero-order chi connectivity index (χ0) is 20.2. The van der Waals surface area contributed by atoms with Crippen molar-refractivity contribution in [1.82, 2.24) is 4.98 Å². The third-order valence-corrected chi connectivity index (χ3v) is 5.51. The normalized spacial score (nSPS) is 10.7. The van der Waals surface area contributed by atoms with Crippen LogP contribution in [0.15, 0.2) is 66.7 Å². The van der Waals surface area contributed by atoms with Crippen LogP contribution >= 0.6 is 22.9 Å². The number of thiazole rings is 1. The van der Waals surface area contributed by atoms with E-state index in [1.54, 1.807) is 35.6 Å². The first-order valence-electron chi connectivity index (χ1n) is 8.98. The first-order valence-corrected chi connectivity index (χ1v) is 10.2. The van der Waals surface area contributed by atoms with Crippen LogP contribution in [0, 0.1) is 6.92 Å². The lowest BCUT2D eigenvalue weighted by molar-refractivity contribution is 0.262. The van der Waals surface area contributed by atoms with Crippen molar-refractivity contribution in [3.63, 3.8) is 0 Å². The van der Waals surface area contributed by atoms with Gasteiger partial charge in [-0.25, -0.2) is 9.78 Å². The van der Waals surface area contributed by atoms with Crippen molar-refractivity contribution in [2.75, 3.05) is 10.6 Å².